The van der Waals surface area contributed by atoms with Crippen LogP contribution in [0.1, 0.15) is 23.9 Å². The molecule has 2 aromatic rings. The zero-order valence-electron chi connectivity index (χ0n) is 11.6. The Bertz CT molecular complexity index is 592. The van der Waals surface area contributed by atoms with Crippen LogP contribution in [0, 0.1) is 13.8 Å². The van der Waals surface area contributed by atoms with Gasteiger partial charge >= 0.3 is 0 Å². The van der Waals surface area contributed by atoms with Crippen molar-refractivity contribution in [3.05, 3.63) is 23.3 Å². The average molecular weight is 262 g/mol. The number of nitrogens with two attached hydrogens (primary N) is 1. The van der Waals surface area contributed by atoms with Crippen LogP contribution in [0.4, 0.5) is 5.82 Å². The number of nitrogen functional groups attached to an aromatic ring is 1. The quantitative estimate of drug-likeness (QED) is 0.640. The summed E-state index contributed by atoms with van der Waals surface area (Å²) in [4.78, 5) is 8.25. The summed E-state index contributed by atoms with van der Waals surface area (Å²) in [5.74, 6) is 7.24. The topological polar surface area (TPSA) is 90.9 Å². The van der Waals surface area contributed by atoms with Crippen molar-refractivity contribution in [1.29, 1.82) is 0 Å². The molecule has 0 bridgehead atoms. The highest BCUT2D eigenvalue weighted by Crippen LogP contribution is 2.30. The lowest BCUT2D eigenvalue weighted by molar-refractivity contribution is 0.448. The lowest BCUT2D eigenvalue weighted by Crippen LogP contribution is -2.12. The second-order valence-corrected chi connectivity index (χ2v) is 4.23. The summed E-state index contributed by atoms with van der Waals surface area (Å²) >= 11 is 0. The maximum atomic E-state index is 5.90. The van der Waals surface area contributed by atoms with E-state index in [0.29, 0.717) is 18.1 Å². The number of aromatic nitrogens is 4. The van der Waals surface area contributed by atoms with Crippen molar-refractivity contribution in [3.8, 4) is 11.6 Å². The molecule has 19 heavy (non-hydrogen) atoms. The molecule has 0 atom stereocenters. The van der Waals surface area contributed by atoms with Gasteiger partial charge < -0.3 is 10.2 Å². The Morgan fingerprint density at radius 3 is 2.63 bits per heavy atom. The predicted octanol–water partition coefficient (Wildman–Crippen LogP) is 1.47. The second kappa shape index (κ2) is 5.23. The molecule has 2 aromatic heterocycles. The summed E-state index contributed by atoms with van der Waals surface area (Å²) in [6.07, 6.45) is 2.14. The smallest absolute Gasteiger partial charge is 0.227 e. The normalized spacial score (nSPS) is 10.6. The van der Waals surface area contributed by atoms with E-state index in [9.17, 15) is 0 Å². The molecular weight excluding hydrogens is 244 g/mol. The molecule has 0 radical (unpaired) electrons. The summed E-state index contributed by atoms with van der Waals surface area (Å²) in [7, 11) is 1.88. The zero-order valence-corrected chi connectivity index (χ0v) is 11.6. The number of rotatable bonds is 4. The number of nitrogens with zero attached hydrogens (tertiary/aromatic N) is 4. The first-order chi connectivity index (χ1) is 9.08. The molecule has 7 nitrogen and oxygen atoms in total. The maximum absolute atomic E-state index is 5.90. The van der Waals surface area contributed by atoms with Crippen molar-refractivity contribution in [2.24, 2.45) is 12.9 Å². The van der Waals surface area contributed by atoms with E-state index in [1.807, 2.05) is 27.8 Å². The van der Waals surface area contributed by atoms with Gasteiger partial charge in [-0.3, -0.25) is 4.68 Å². The molecule has 0 amide bonds. The van der Waals surface area contributed by atoms with Crippen LogP contribution in [-0.4, -0.2) is 19.7 Å². The first-order valence-corrected chi connectivity index (χ1v) is 6.07. The van der Waals surface area contributed by atoms with Gasteiger partial charge in [-0.15, -0.1) is 0 Å². The molecule has 0 aliphatic carbocycles. The Kier molecular flexibility index (Phi) is 3.66. The number of hydrazine groups is 1. The Hall–Kier alpha value is -2.15. The van der Waals surface area contributed by atoms with Crippen LogP contribution in [0.5, 0.6) is 11.6 Å². The first kappa shape index (κ1) is 13.3. The van der Waals surface area contributed by atoms with E-state index in [1.165, 1.54) is 6.33 Å². The Morgan fingerprint density at radius 1 is 1.37 bits per heavy atom. The molecule has 2 rings (SSSR count). The maximum Gasteiger partial charge on any atom is 0.227 e. The Balaban J connectivity index is 2.43. The summed E-state index contributed by atoms with van der Waals surface area (Å²) in [6.45, 7) is 5.84. The first-order valence-electron chi connectivity index (χ1n) is 6.07. The highest BCUT2D eigenvalue weighted by Gasteiger charge is 2.16. The number of aryl methyl sites for hydroxylation is 2. The minimum atomic E-state index is 0.504. The third kappa shape index (κ3) is 2.37. The van der Waals surface area contributed by atoms with Crippen molar-refractivity contribution < 1.29 is 4.74 Å². The summed E-state index contributed by atoms with van der Waals surface area (Å²) < 4.78 is 7.67. The predicted molar refractivity (Wildman–Crippen MR) is 72.0 cm³/mol. The third-order valence-electron chi connectivity index (χ3n) is 3.04. The van der Waals surface area contributed by atoms with Crippen LogP contribution < -0.4 is 16.0 Å². The van der Waals surface area contributed by atoms with E-state index in [1.54, 1.807) is 4.68 Å². The van der Waals surface area contributed by atoms with Gasteiger partial charge in [-0.05, 0) is 20.3 Å². The number of hydrogen-bond donors (Lipinski definition) is 2. The Morgan fingerprint density at radius 2 is 2.11 bits per heavy atom. The summed E-state index contributed by atoms with van der Waals surface area (Å²) in [5, 5.41) is 4.31. The van der Waals surface area contributed by atoms with Gasteiger partial charge in [0.2, 0.25) is 5.88 Å². The molecule has 102 valence electrons. The molecule has 0 unspecified atom stereocenters. The van der Waals surface area contributed by atoms with E-state index in [-0.39, 0.29) is 0 Å². The molecule has 3 N–H and O–H groups in total. The van der Waals surface area contributed by atoms with Gasteiger partial charge in [0.15, 0.2) is 5.75 Å². The zero-order chi connectivity index (χ0) is 14.0. The summed E-state index contributed by atoms with van der Waals surface area (Å²) in [6, 6.07) is 0. The number of ether oxygens (including phenoxy) is 1. The van der Waals surface area contributed by atoms with Gasteiger partial charge in [0.05, 0.1) is 11.3 Å². The average Bonchev–Trinajstić information content (AvgIpc) is 2.65. The van der Waals surface area contributed by atoms with E-state index >= 15 is 0 Å². The van der Waals surface area contributed by atoms with Gasteiger partial charge in [-0.2, -0.15) is 5.10 Å². The minimum Gasteiger partial charge on any atom is -0.435 e. The van der Waals surface area contributed by atoms with Gasteiger partial charge in [0.1, 0.15) is 17.8 Å². The van der Waals surface area contributed by atoms with E-state index in [4.69, 9.17) is 10.6 Å². The van der Waals surface area contributed by atoms with Crippen molar-refractivity contribution >= 4 is 5.82 Å². The lowest BCUT2D eigenvalue weighted by Gasteiger charge is -2.11. The van der Waals surface area contributed by atoms with E-state index in [0.717, 1.165) is 22.7 Å². The van der Waals surface area contributed by atoms with Crippen LogP contribution >= 0.6 is 0 Å². The Labute approximate surface area is 111 Å². The monoisotopic (exact) mass is 262 g/mol. The van der Waals surface area contributed by atoms with Crippen molar-refractivity contribution in [3.63, 3.8) is 0 Å². The van der Waals surface area contributed by atoms with E-state index < -0.39 is 0 Å². The molecule has 0 aliphatic heterocycles. The van der Waals surface area contributed by atoms with Crippen LogP contribution in [0.3, 0.4) is 0 Å². The van der Waals surface area contributed by atoms with Gasteiger partial charge in [-0.1, -0.05) is 6.92 Å². The molecule has 0 aromatic carbocycles. The fourth-order valence-corrected chi connectivity index (χ4v) is 1.93. The van der Waals surface area contributed by atoms with Gasteiger partial charge in [-0.25, -0.2) is 15.8 Å². The molecular formula is C12H18N6O. The third-order valence-corrected chi connectivity index (χ3v) is 3.04. The van der Waals surface area contributed by atoms with Crippen molar-refractivity contribution in [2.45, 2.75) is 27.2 Å². The van der Waals surface area contributed by atoms with Gasteiger partial charge in [0, 0.05) is 7.05 Å². The van der Waals surface area contributed by atoms with Crippen LogP contribution in [-0.2, 0) is 13.5 Å². The van der Waals surface area contributed by atoms with Crippen LogP contribution in [0.2, 0.25) is 0 Å². The van der Waals surface area contributed by atoms with Gasteiger partial charge in [0.25, 0.3) is 0 Å². The molecule has 0 spiro atoms. The van der Waals surface area contributed by atoms with Crippen LogP contribution in [0.15, 0.2) is 6.33 Å². The largest absolute Gasteiger partial charge is 0.435 e. The second-order valence-electron chi connectivity index (χ2n) is 4.23. The highest BCUT2D eigenvalue weighted by atomic mass is 16.5. The van der Waals surface area contributed by atoms with Crippen molar-refractivity contribution in [1.82, 2.24) is 19.7 Å². The molecule has 0 saturated heterocycles. The fourth-order valence-electron chi connectivity index (χ4n) is 1.93. The molecule has 0 aliphatic rings. The van der Waals surface area contributed by atoms with Crippen molar-refractivity contribution in [2.75, 3.05) is 5.43 Å². The van der Waals surface area contributed by atoms with E-state index in [2.05, 4.69) is 20.5 Å². The number of hydrogen-bond acceptors (Lipinski definition) is 6. The lowest BCUT2D eigenvalue weighted by atomic mass is 10.2. The minimum absolute atomic E-state index is 0.504. The SMILES string of the molecule is CCc1c(NN)ncnc1Oc1c(C)nn(C)c1C. The number of anilines is 1. The molecule has 0 saturated carbocycles. The molecule has 2 heterocycles. The fraction of sp³-hybridized carbons (Fsp3) is 0.417. The number of nitrogens with one attached hydrogen (secondary N) is 1. The standard InChI is InChI=1S/C12H18N6O/c1-5-9-11(16-13)14-6-15-12(9)19-10-7(2)17-18(4)8(10)3/h6H,5,13H2,1-4H3,(H,14,15,16). The summed E-state index contributed by atoms with van der Waals surface area (Å²) in [5.41, 5.74) is 5.16. The highest BCUT2D eigenvalue weighted by molar-refractivity contribution is 5.49. The molecule has 0 fully saturated rings. The van der Waals surface area contributed by atoms with Crippen LogP contribution in [0.25, 0.3) is 0 Å². The molecule has 7 heteroatoms.